The third-order valence-corrected chi connectivity index (χ3v) is 2.74. The smallest absolute Gasteiger partial charge is 0.147 e. The van der Waals surface area contributed by atoms with Crippen molar-refractivity contribution in [1.82, 2.24) is 9.55 Å². The van der Waals surface area contributed by atoms with Crippen molar-refractivity contribution >= 4 is 16.7 Å². The van der Waals surface area contributed by atoms with E-state index < -0.39 is 11.6 Å². The molecule has 0 atom stereocenters. The van der Waals surface area contributed by atoms with Gasteiger partial charge in [0.25, 0.3) is 0 Å². The normalized spacial score (nSPS) is 11.0. The molecule has 2 N–H and O–H groups in total. The van der Waals surface area contributed by atoms with Gasteiger partial charge in [0.05, 0.1) is 16.7 Å². The number of nitrogens with zero attached hydrogens (tertiary/aromatic N) is 2. The van der Waals surface area contributed by atoms with Gasteiger partial charge in [-0.05, 0) is 30.3 Å². The van der Waals surface area contributed by atoms with Crippen LogP contribution in [-0.4, -0.2) is 9.55 Å². The molecule has 0 fully saturated rings. The number of anilines is 1. The van der Waals surface area contributed by atoms with Gasteiger partial charge in [-0.25, -0.2) is 13.8 Å². The van der Waals surface area contributed by atoms with Gasteiger partial charge in [0, 0.05) is 11.8 Å². The SMILES string of the molecule is Nc1ccc2c(c1)ncn2-c1cc(F)ccc1F. The molecule has 1 aromatic heterocycles. The Morgan fingerprint density at radius 1 is 1.06 bits per heavy atom. The van der Waals surface area contributed by atoms with Crippen LogP contribution in [0.25, 0.3) is 16.7 Å². The predicted octanol–water partition coefficient (Wildman–Crippen LogP) is 2.89. The van der Waals surface area contributed by atoms with E-state index in [1.807, 2.05) is 0 Å². The average molecular weight is 245 g/mol. The van der Waals surface area contributed by atoms with Crippen molar-refractivity contribution in [2.24, 2.45) is 0 Å². The Morgan fingerprint density at radius 3 is 2.72 bits per heavy atom. The van der Waals surface area contributed by atoms with E-state index in [0.29, 0.717) is 16.7 Å². The van der Waals surface area contributed by atoms with E-state index in [2.05, 4.69) is 4.98 Å². The van der Waals surface area contributed by atoms with E-state index in [1.54, 1.807) is 18.2 Å². The Kier molecular flexibility index (Phi) is 2.26. The molecular formula is C13H9F2N3. The van der Waals surface area contributed by atoms with Crippen LogP contribution in [-0.2, 0) is 0 Å². The van der Waals surface area contributed by atoms with Crippen molar-refractivity contribution in [2.75, 3.05) is 5.73 Å². The van der Waals surface area contributed by atoms with Crippen LogP contribution in [0.5, 0.6) is 0 Å². The zero-order valence-corrected chi connectivity index (χ0v) is 9.27. The van der Waals surface area contributed by atoms with Crippen molar-refractivity contribution in [1.29, 1.82) is 0 Å². The summed E-state index contributed by atoms with van der Waals surface area (Å²) in [5.74, 6) is -1.00. The number of imidazole rings is 1. The molecule has 0 aliphatic carbocycles. The Morgan fingerprint density at radius 2 is 1.89 bits per heavy atom. The van der Waals surface area contributed by atoms with Crippen LogP contribution in [0, 0.1) is 11.6 Å². The summed E-state index contributed by atoms with van der Waals surface area (Å²) in [6.45, 7) is 0. The Bertz CT molecular complexity index is 734. The Hall–Kier alpha value is -2.43. The summed E-state index contributed by atoms with van der Waals surface area (Å²) in [5, 5.41) is 0. The van der Waals surface area contributed by atoms with Crippen molar-refractivity contribution < 1.29 is 8.78 Å². The number of halogens is 2. The third kappa shape index (κ3) is 1.60. The molecule has 1 heterocycles. The van der Waals surface area contributed by atoms with Gasteiger partial charge in [-0.1, -0.05) is 0 Å². The second kappa shape index (κ2) is 3.80. The van der Waals surface area contributed by atoms with Gasteiger partial charge in [-0.2, -0.15) is 0 Å². The summed E-state index contributed by atoms with van der Waals surface area (Å²) in [5.41, 5.74) is 7.66. The number of nitrogens with two attached hydrogens (primary N) is 1. The first-order valence-corrected chi connectivity index (χ1v) is 5.33. The molecular weight excluding hydrogens is 236 g/mol. The minimum absolute atomic E-state index is 0.127. The van der Waals surface area contributed by atoms with Crippen LogP contribution in [0.15, 0.2) is 42.7 Å². The molecule has 3 aromatic rings. The van der Waals surface area contributed by atoms with Crippen LogP contribution in [0.2, 0.25) is 0 Å². The molecule has 0 saturated carbocycles. The van der Waals surface area contributed by atoms with Gasteiger partial charge in [0.2, 0.25) is 0 Å². The fraction of sp³-hybridized carbons (Fsp3) is 0. The third-order valence-electron chi connectivity index (χ3n) is 2.74. The molecule has 18 heavy (non-hydrogen) atoms. The minimum Gasteiger partial charge on any atom is -0.399 e. The second-order valence-electron chi connectivity index (χ2n) is 3.96. The first-order chi connectivity index (χ1) is 8.65. The van der Waals surface area contributed by atoms with Gasteiger partial charge < -0.3 is 5.73 Å². The van der Waals surface area contributed by atoms with Gasteiger partial charge in [0.15, 0.2) is 0 Å². The summed E-state index contributed by atoms with van der Waals surface area (Å²) in [7, 11) is 0. The van der Waals surface area contributed by atoms with Gasteiger partial charge in [0.1, 0.15) is 18.0 Å². The molecule has 2 aromatic carbocycles. The highest BCUT2D eigenvalue weighted by atomic mass is 19.1. The number of hydrogen-bond acceptors (Lipinski definition) is 2. The van der Waals surface area contributed by atoms with E-state index in [-0.39, 0.29) is 5.69 Å². The largest absolute Gasteiger partial charge is 0.399 e. The Labute approximate surface area is 101 Å². The number of aromatic nitrogens is 2. The van der Waals surface area contributed by atoms with Gasteiger partial charge in [-0.15, -0.1) is 0 Å². The molecule has 0 aliphatic heterocycles. The zero-order valence-electron chi connectivity index (χ0n) is 9.27. The van der Waals surface area contributed by atoms with Crippen LogP contribution >= 0.6 is 0 Å². The monoisotopic (exact) mass is 245 g/mol. The number of hydrogen-bond donors (Lipinski definition) is 1. The quantitative estimate of drug-likeness (QED) is 0.670. The average Bonchev–Trinajstić information content (AvgIpc) is 2.75. The van der Waals surface area contributed by atoms with E-state index in [1.165, 1.54) is 10.9 Å². The van der Waals surface area contributed by atoms with Crippen molar-refractivity contribution in [2.45, 2.75) is 0 Å². The molecule has 0 saturated heterocycles. The first-order valence-electron chi connectivity index (χ1n) is 5.33. The van der Waals surface area contributed by atoms with E-state index in [0.717, 1.165) is 18.2 Å². The molecule has 0 spiro atoms. The fourth-order valence-electron chi connectivity index (χ4n) is 1.89. The Balaban J connectivity index is 2.28. The maximum absolute atomic E-state index is 13.7. The van der Waals surface area contributed by atoms with E-state index in [9.17, 15) is 8.78 Å². The maximum Gasteiger partial charge on any atom is 0.147 e. The number of fused-ring (bicyclic) bond motifs is 1. The molecule has 0 bridgehead atoms. The van der Waals surface area contributed by atoms with Crippen molar-refractivity contribution in [3.05, 3.63) is 54.4 Å². The highest BCUT2D eigenvalue weighted by molar-refractivity contribution is 5.80. The summed E-state index contributed by atoms with van der Waals surface area (Å²) < 4.78 is 28.4. The fourth-order valence-corrected chi connectivity index (χ4v) is 1.89. The molecule has 0 aliphatic rings. The van der Waals surface area contributed by atoms with Gasteiger partial charge in [-0.3, -0.25) is 4.57 Å². The lowest BCUT2D eigenvalue weighted by Gasteiger charge is -2.06. The highest BCUT2D eigenvalue weighted by Crippen LogP contribution is 2.22. The molecule has 0 unspecified atom stereocenters. The molecule has 0 amide bonds. The predicted molar refractivity (Wildman–Crippen MR) is 65.4 cm³/mol. The van der Waals surface area contributed by atoms with E-state index in [4.69, 9.17) is 5.73 Å². The number of nitrogen functional groups attached to an aromatic ring is 1. The van der Waals surface area contributed by atoms with Gasteiger partial charge >= 0.3 is 0 Å². The second-order valence-corrected chi connectivity index (χ2v) is 3.96. The van der Waals surface area contributed by atoms with Crippen LogP contribution < -0.4 is 5.73 Å². The lowest BCUT2D eigenvalue weighted by molar-refractivity contribution is 0.593. The van der Waals surface area contributed by atoms with Crippen LogP contribution in [0.4, 0.5) is 14.5 Å². The van der Waals surface area contributed by atoms with Crippen LogP contribution in [0.1, 0.15) is 0 Å². The molecule has 3 rings (SSSR count). The van der Waals surface area contributed by atoms with Crippen molar-refractivity contribution in [3.63, 3.8) is 0 Å². The maximum atomic E-state index is 13.7. The summed E-state index contributed by atoms with van der Waals surface area (Å²) >= 11 is 0. The molecule has 3 nitrogen and oxygen atoms in total. The molecule has 0 radical (unpaired) electrons. The summed E-state index contributed by atoms with van der Waals surface area (Å²) in [4.78, 5) is 4.12. The highest BCUT2D eigenvalue weighted by Gasteiger charge is 2.10. The topological polar surface area (TPSA) is 43.8 Å². The standard InChI is InChI=1S/C13H9F2N3/c14-8-1-3-10(15)13(5-8)18-7-17-11-6-9(16)2-4-12(11)18/h1-7H,16H2. The number of benzene rings is 2. The summed E-state index contributed by atoms with van der Waals surface area (Å²) in [6, 6.07) is 8.40. The van der Waals surface area contributed by atoms with E-state index >= 15 is 0 Å². The van der Waals surface area contributed by atoms with Crippen LogP contribution in [0.3, 0.4) is 0 Å². The van der Waals surface area contributed by atoms with Crippen molar-refractivity contribution in [3.8, 4) is 5.69 Å². The lowest BCUT2D eigenvalue weighted by Crippen LogP contribution is -1.97. The summed E-state index contributed by atoms with van der Waals surface area (Å²) in [6.07, 6.45) is 1.45. The molecule has 5 heteroatoms. The molecule has 90 valence electrons. The first kappa shape index (κ1) is 10.7. The minimum atomic E-state index is -0.507. The number of rotatable bonds is 1. The lowest BCUT2D eigenvalue weighted by atomic mass is 10.2. The zero-order chi connectivity index (χ0) is 12.7.